The summed E-state index contributed by atoms with van der Waals surface area (Å²) in [6, 6.07) is 7.24. The van der Waals surface area contributed by atoms with Crippen molar-refractivity contribution in [2.75, 3.05) is 0 Å². The van der Waals surface area contributed by atoms with E-state index < -0.39 is 0 Å². The highest BCUT2D eigenvalue weighted by molar-refractivity contribution is 7.18. The molecule has 5 nitrogen and oxygen atoms in total. The molecule has 126 valence electrons. The van der Waals surface area contributed by atoms with Crippen LogP contribution in [0.25, 0.3) is 21.7 Å². The lowest BCUT2D eigenvalue weighted by atomic mass is 9.89. The second-order valence-corrected chi connectivity index (χ2v) is 8.17. The molecule has 1 aliphatic rings. The number of benzene rings is 1. The smallest absolute Gasteiger partial charge is 0.268 e. The van der Waals surface area contributed by atoms with Gasteiger partial charge in [-0.25, -0.2) is 4.57 Å². The van der Waals surface area contributed by atoms with Gasteiger partial charge in [0, 0.05) is 9.90 Å². The van der Waals surface area contributed by atoms with Gasteiger partial charge < -0.3 is 0 Å². The molecule has 7 heteroatoms. The summed E-state index contributed by atoms with van der Waals surface area (Å²) in [5.74, 6) is 1.14. The van der Waals surface area contributed by atoms with Crippen LogP contribution in [0, 0.1) is 5.92 Å². The van der Waals surface area contributed by atoms with Gasteiger partial charge in [-0.1, -0.05) is 18.5 Å². The number of halogens is 1. The summed E-state index contributed by atoms with van der Waals surface area (Å²) in [6.45, 7) is 2.25. The predicted octanol–water partition coefficient (Wildman–Crippen LogP) is 3.87. The fraction of sp³-hybridized carbons (Fsp3) is 0.278. The Hall–Kier alpha value is -2.18. The first kappa shape index (κ1) is 15.1. The van der Waals surface area contributed by atoms with Crippen LogP contribution in [0.5, 0.6) is 0 Å². The van der Waals surface area contributed by atoms with Gasteiger partial charge in [-0.2, -0.15) is 0 Å². The highest BCUT2D eigenvalue weighted by Gasteiger charge is 2.25. The Balaban J connectivity index is 1.92. The molecule has 25 heavy (non-hydrogen) atoms. The van der Waals surface area contributed by atoms with E-state index in [2.05, 4.69) is 17.1 Å². The first-order valence-corrected chi connectivity index (χ1v) is 9.48. The normalized spacial score (nSPS) is 17.3. The van der Waals surface area contributed by atoms with Crippen LogP contribution in [0.1, 0.15) is 23.8 Å². The van der Waals surface area contributed by atoms with Crippen LogP contribution in [0.2, 0.25) is 5.02 Å². The van der Waals surface area contributed by atoms with E-state index in [0.717, 1.165) is 28.7 Å². The van der Waals surface area contributed by atoms with E-state index >= 15 is 0 Å². The molecular weight excluding hydrogens is 356 g/mol. The van der Waals surface area contributed by atoms with Crippen LogP contribution >= 0.6 is 22.9 Å². The molecule has 0 N–H and O–H groups in total. The van der Waals surface area contributed by atoms with Crippen LogP contribution in [-0.4, -0.2) is 19.2 Å². The minimum atomic E-state index is -0.0237. The lowest BCUT2D eigenvalue weighted by molar-refractivity contribution is 0.508. The van der Waals surface area contributed by atoms with E-state index in [9.17, 15) is 4.79 Å². The lowest BCUT2D eigenvalue weighted by Crippen LogP contribution is -2.22. The number of rotatable bonds is 1. The third-order valence-corrected chi connectivity index (χ3v) is 6.48. The van der Waals surface area contributed by atoms with E-state index in [1.807, 2.05) is 16.5 Å². The highest BCUT2D eigenvalue weighted by Crippen LogP contribution is 2.37. The second kappa shape index (κ2) is 5.41. The van der Waals surface area contributed by atoms with E-state index in [1.165, 1.54) is 16.9 Å². The lowest BCUT2D eigenvalue weighted by Gasteiger charge is -2.17. The largest absolute Gasteiger partial charge is 0.268 e. The van der Waals surface area contributed by atoms with E-state index in [1.54, 1.807) is 34.4 Å². The molecule has 1 atom stereocenters. The number of nitrogens with zero attached hydrogens (tertiary/aromatic N) is 4. The Bertz CT molecular complexity index is 1170. The first-order chi connectivity index (χ1) is 12.1. The number of aromatic nitrogens is 4. The van der Waals surface area contributed by atoms with Gasteiger partial charge in [-0.05, 0) is 55.0 Å². The molecule has 0 radical (unpaired) electrons. The predicted molar refractivity (Wildman–Crippen MR) is 100 cm³/mol. The van der Waals surface area contributed by atoms with Gasteiger partial charge in [0.05, 0.1) is 11.1 Å². The SMILES string of the molecule is C[C@H]1CCc2sc3c(c2C1)c(=O)n(-c1ccc(Cl)cc1)c1nncn31. The van der Waals surface area contributed by atoms with Gasteiger partial charge in [0.25, 0.3) is 5.56 Å². The summed E-state index contributed by atoms with van der Waals surface area (Å²) in [7, 11) is 0. The van der Waals surface area contributed by atoms with Crippen molar-refractivity contribution in [3.63, 3.8) is 0 Å². The third kappa shape index (κ3) is 2.17. The Kier molecular flexibility index (Phi) is 3.27. The zero-order chi connectivity index (χ0) is 17.1. The molecular formula is C18H15ClN4OS. The fourth-order valence-corrected chi connectivity index (χ4v) is 5.11. The van der Waals surface area contributed by atoms with Gasteiger partial charge in [0.15, 0.2) is 0 Å². The molecule has 0 spiro atoms. The number of thiophene rings is 1. The van der Waals surface area contributed by atoms with Crippen molar-refractivity contribution in [1.29, 1.82) is 0 Å². The maximum absolute atomic E-state index is 13.4. The molecule has 0 saturated heterocycles. The summed E-state index contributed by atoms with van der Waals surface area (Å²) in [5, 5.41) is 9.70. The molecule has 0 aliphatic heterocycles. The van der Waals surface area contributed by atoms with Crippen LogP contribution in [0.15, 0.2) is 35.4 Å². The van der Waals surface area contributed by atoms with Gasteiger partial charge in [-0.15, -0.1) is 21.5 Å². The third-order valence-electron chi connectivity index (χ3n) is 4.94. The van der Waals surface area contributed by atoms with Crippen molar-refractivity contribution in [3.8, 4) is 5.69 Å². The average Bonchev–Trinajstić information content (AvgIpc) is 3.21. The summed E-state index contributed by atoms with van der Waals surface area (Å²) < 4.78 is 3.57. The molecule has 0 unspecified atom stereocenters. The van der Waals surface area contributed by atoms with Crippen molar-refractivity contribution in [2.24, 2.45) is 5.92 Å². The molecule has 1 aromatic carbocycles. The summed E-state index contributed by atoms with van der Waals surface area (Å²) >= 11 is 7.71. The van der Waals surface area contributed by atoms with Crippen molar-refractivity contribution >= 4 is 38.9 Å². The average molecular weight is 371 g/mol. The van der Waals surface area contributed by atoms with Gasteiger partial charge in [0.2, 0.25) is 5.78 Å². The van der Waals surface area contributed by atoms with E-state index in [0.29, 0.717) is 16.7 Å². The minimum absolute atomic E-state index is 0.0237. The molecule has 0 amide bonds. The molecule has 4 aromatic rings. The number of hydrogen-bond donors (Lipinski definition) is 0. The van der Waals surface area contributed by atoms with E-state index in [-0.39, 0.29) is 5.56 Å². The summed E-state index contributed by atoms with van der Waals surface area (Å²) in [5.41, 5.74) is 1.93. The molecule has 3 aromatic heterocycles. The number of fused-ring (bicyclic) bond motifs is 5. The zero-order valence-corrected chi connectivity index (χ0v) is 15.1. The summed E-state index contributed by atoms with van der Waals surface area (Å²) in [4.78, 5) is 15.7. The van der Waals surface area contributed by atoms with Crippen molar-refractivity contribution in [3.05, 3.63) is 56.4 Å². The second-order valence-electron chi connectivity index (χ2n) is 6.65. The monoisotopic (exact) mass is 370 g/mol. The maximum Gasteiger partial charge on any atom is 0.268 e. The first-order valence-electron chi connectivity index (χ1n) is 8.28. The summed E-state index contributed by atoms with van der Waals surface area (Å²) in [6.07, 6.45) is 4.87. The molecule has 0 bridgehead atoms. The van der Waals surface area contributed by atoms with Crippen molar-refractivity contribution in [2.45, 2.75) is 26.2 Å². The Labute approximate surface area is 152 Å². The topological polar surface area (TPSA) is 52.2 Å². The fourth-order valence-electron chi connectivity index (χ4n) is 3.68. The number of aryl methyl sites for hydroxylation is 1. The number of hydrogen-bond acceptors (Lipinski definition) is 4. The van der Waals surface area contributed by atoms with Crippen LogP contribution in [-0.2, 0) is 12.8 Å². The quantitative estimate of drug-likeness (QED) is 0.511. The minimum Gasteiger partial charge on any atom is -0.268 e. The van der Waals surface area contributed by atoms with Crippen molar-refractivity contribution < 1.29 is 0 Å². The standard InChI is InChI=1S/C18H15ClN4OS/c1-10-2-7-14-13(8-10)15-16(24)23(12-5-3-11(19)4-6-12)18-21-20-9-22(18)17(15)25-14/h3-6,9-10H,2,7-8H2,1H3/t10-/m0/s1. The molecule has 1 aliphatic carbocycles. The van der Waals surface area contributed by atoms with E-state index in [4.69, 9.17) is 11.6 Å². The van der Waals surface area contributed by atoms with Crippen LogP contribution in [0.4, 0.5) is 0 Å². The molecule has 0 fully saturated rings. The highest BCUT2D eigenvalue weighted by atomic mass is 35.5. The molecule has 3 heterocycles. The van der Waals surface area contributed by atoms with Crippen LogP contribution < -0.4 is 5.56 Å². The van der Waals surface area contributed by atoms with Gasteiger partial charge in [-0.3, -0.25) is 9.20 Å². The Morgan fingerprint density at radius 3 is 2.88 bits per heavy atom. The molecule has 5 rings (SSSR count). The zero-order valence-electron chi connectivity index (χ0n) is 13.6. The van der Waals surface area contributed by atoms with Crippen LogP contribution in [0.3, 0.4) is 0 Å². The molecule has 0 saturated carbocycles. The van der Waals surface area contributed by atoms with Crippen molar-refractivity contribution in [1.82, 2.24) is 19.2 Å². The maximum atomic E-state index is 13.4. The van der Waals surface area contributed by atoms with Gasteiger partial charge in [0.1, 0.15) is 11.2 Å². The van der Waals surface area contributed by atoms with Gasteiger partial charge >= 0.3 is 0 Å². The Morgan fingerprint density at radius 1 is 1.28 bits per heavy atom. The Morgan fingerprint density at radius 2 is 2.08 bits per heavy atom.